The highest BCUT2D eigenvalue weighted by atomic mass is 16.7. The summed E-state index contributed by atoms with van der Waals surface area (Å²) in [6.45, 7) is 6.13. The summed E-state index contributed by atoms with van der Waals surface area (Å²) in [5.74, 6) is 1.55. The van der Waals surface area contributed by atoms with Gasteiger partial charge in [-0.3, -0.25) is 0 Å². The number of carbonyl (C=O) groups excluding carboxylic acids is 1. The molecule has 0 spiro atoms. The molecule has 0 saturated heterocycles. The molecule has 25 heavy (non-hydrogen) atoms. The smallest absolute Gasteiger partial charge is 0.333 e. The molecule has 0 heterocycles. The van der Waals surface area contributed by atoms with Crippen LogP contribution >= 0.6 is 0 Å². The predicted octanol–water partition coefficient (Wildman–Crippen LogP) is 5.55. The lowest BCUT2D eigenvalue weighted by molar-refractivity contribution is -0.159. The van der Waals surface area contributed by atoms with Gasteiger partial charge in [0.25, 0.3) is 6.29 Å². The topological polar surface area (TPSA) is 44.8 Å². The van der Waals surface area contributed by atoms with E-state index >= 15 is 0 Å². The van der Waals surface area contributed by atoms with Crippen LogP contribution in [0.3, 0.4) is 0 Å². The van der Waals surface area contributed by atoms with E-state index in [0.717, 1.165) is 62.9 Å². The van der Waals surface area contributed by atoms with E-state index in [0.29, 0.717) is 12.0 Å². The summed E-state index contributed by atoms with van der Waals surface area (Å²) in [5.41, 5.74) is 0.537. The monoisotopic (exact) mass is 348 g/mol. The minimum absolute atomic E-state index is 0.0987. The first-order valence-corrected chi connectivity index (χ1v) is 9.75. The molecule has 0 fully saturated rings. The number of unbranched alkanes of at least 4 members (excludes halogenated alkanes) is 3. The summed E-state index contributed by atoms with van der Waals surface area (Å²) in [4.78, 5) is 12.1. The Kier molecular flexibility index (Phi) is 8.64. The lowest BCUT2D eigenvalue weighted by Gasteiger charge is -2.22. The van der Waals surface area contributed by atoms with Crippen molar-refractivity contribution in [2.45, 2.75) is 83.8 Å². The van der Waals surface area contributed by atoms with Crippen molar-refractivity contribution >= 4 is 5.97 Å². The van der Waals surface area contributed by atoms with E-state index in [4.69, 9.17) is 14.2 Å². The van der Waals surface area contributed by atoms with Crippen molar-refractivity contribution in [3.05, 3.63) is 35.8 Å². The van der Waals surface area contributed by atoms with E-state index in [1.165, 1.54) is 12.8 Å². The van der Waals surface area contributed by atoms with E-state index in [1.54, 1.807) is 0 Å². The van der Waals surface area contributed by atoms with Gasteiger partial charge in [0.05, 0.1) is 11.5 Å². The van der Waals surface area contributed by atoms with Crippen LogP contribution < -0.4 is 0 Å². The fraction of sp³-hybridized carbons (Fsp3) is 0.667. The first kappa shape index (κ1) is 19.6. The molecule has 0 aromatic rings. The molecule has 0 saturated carbocycles. The fourth-order valence-corrected chi connectivity index (χ4v) is 3.04. The van der Waals surface area contributed by atoms with Gasteiger partial charge in [-0.2, -0.15) is 0 Å². The average molecular weight is 348 g/mol. The zero-order valence-corrected chi connectivity index (χ0v) is 15.6. The quantitative estimate of drug-likeness (QED) is 0.201. The van der Waals surface area contributed by atoms with Crippen LogP contribution in [-0.4, -0.2) is 18.9 Å². The van der Waals surface area contributed by atoms with Crippen molar-refractivity contribution in [3.8, 4) is 0 Å². The number of hydrogen-bond acceptors (Lipinski definition) is 4. The van der Waals surface area contributed by atoms with Gasteiger partial charge in [-0.1, -0.05) is 32.8 Å². The lowest BCUT2D eigenvalue weighted by atomic mass is 10.1. The standard InChI is InChI=1S/C21H32O4/c1-3-4-5-6-11-17(2)21(22)23-16-20(24-18-12-7-8-13-18)25-19-14-9-10-15-19/h12,14,20H,2-11,13,15-16H2,1H3. The number of carbonyl (C=O) groups is 1. The van der Waals surface area contributed by atoms with E-state index in [2.05, 4.69) is 25.7 Å². The number of esters is 1. The second-order valence-electron chi connectivity index (χ2n) is 6.80. The van der Waals surface area contributed by atoms with Gasteiger partial charge in [0, 0.05) is 18.4 Å². The molecule has 0 aromatic carbocycles. The van der Waals surface area contributed by atoms with Gasteiger partial charge < -0.3 is 14.2 Å². The minimum Gasteiger partial charge on any atom is -0.456 e. The number of hydrogen-bond donors (Lipinski definition) is 0. The fourth-order valence-electron chi connectivity index (χ4n) is 3.04. The molecule has 2 aliphatic carbocycles. The third-order valence-electron chi connectivity index (χ3n) is 4.54. The minimum atomic E-state index is -0.564. The van der Waals surface area contributed by atoms with Crippen LogP contribution in [0.25, 0.3) is 0 Å². The van der Waals surface area contributed by atoms with Crippen molar-refractivity contribution in [2.75, 3.05) is 6.61 Å². The first-order chi connectivity index (χ1) is 12.2. The SMILES string of the molecule is C=C(CCCCCC)C(=O)OCC(OC1=CCCC1)OC1=CCCC1. The maximum Gasteiger partial charge on any atom is 0.333 e. The molecule has 0 amide bonds. The highest BCUT2D eigenvalue weighted by Crippen LogP contribution is 2.25. The van der Waals surface area contributed by atoms with E-state index in [-0.39, 0.29) is 12.6 Å². The Morgan fingerprint density at radius 3 is 2.24 bits per heavy atom. The van der Waals surface area contributed by atoms with Crippen LogP contribution in [0.5, 0.6) is 0 Å². The van der Waals surface area contributed by atoms with E-state index in [1.807, 2.05) is 0 Å². The summed E-state index contributed by atoms with van der Waals surface area (Å²) < 4.78 is 17.2. The third-order valence-corrected chi connectivity index (χ3v) is 4.54. The van der Waals surface area contributed by atoms with Gasteiger partial charge in [0.2, 0.25) is 0 Å². The van der Waals surface area contributed by atoms with E-state index in [9.17, 15) is 4.79 Å². The van der Waals surface area contributed by atoms with Crippen LogP contribution in [0.15, 0.2) is 35.8 Å². The molecule has 0 bridgehead atoms. The predicted molar refractivity (Wildman–Crippen MR) is 98.7 cm³/mol. The molecule has 0 aromatic heterocycles. The highest BCUT2D eigenvalue weighted by molar-refractivity contribution is 5.87. The molecule has 0 unspecified atom stereocenters. The maximum atomic E-state index is 12.1. The summed E-state index contributed by atoms with van der Waals surface area (Å²) in [6.07, 6.45) is 15.0. The highest BCUT2D eigenvalue weighted by Gasteiger charge is 2.21. The molecule has 0 atom stereocenters. The van der Waals surface area contributed by atoms with Gasteiger partial charge in [-0.15, -0.1) is 0 Å². The molecule has 0 radical (unpaired) electrons. The van der Waals surface area contributed by atoms with Crippen LogP contribution in [0.4, 0.5) is 0 Å². The molecule has 4 heteroatoms. The molecule has 4 nitrogen and oxygen atoms in total. The Labute approximate surface area is 151 Å². The van der Waals surface area contributed by atoms with Gasteiger partial charge in [0.15, 0.2) is 6.61 Å². The Morgan fingerprint density at radius 2 is 1.72 bits per heavy atom. The van der Waals surface area contributed by atoms with Gasteiger partial charge in [-0.25, -0.2) is 4.79 Å². The molecule has 140 valence electrons. The molecule has 2 rings (SSSR count). The van der Waals surface area contributed by atoms with Gasteiger partial charge in [-0.05, 0) is 50.7 Å². The van der Waals surface area contributed by atoms with Crippen LogP contribution in [0, 0.1) is 0 Å². The van der Waals surface area contributed by atoms with Crippen LogP contribution in [0.1, 0.15) is 77.6 Å². The summed E-state index contributed by atoms with van der Waals surface area (Å²) in [7, 11) is 0. The van der Waals surface area contributed by atoms with Crippen LogP contribution in [0.2, 0.25) is 0 Å². The molecule has 0 aliphatic heterocycles. The maximum absolute atomic E-state index is 12.1. The van der Waals surface area contributed by atoms with E-state index < -0.39 is 6.29 Å². The second kappa shape index (κ2) is 11.0. The molecular weight excluding hydrogens is 316 g/mol. The number of ether oxygens (including phenoxy) is 3. The Bertz CT molecular complexity index is 478. The summed E-state index contributed by atoms with van der Waals surface area (Å²) in [6, 6.07) is 0. The first-order valence-electron chi connectivity index (χ1n) is 9.75. The Balaban J connectivity index is 1.76. The zero-order chi connectivity index (χ0) is 17.9. The second-order valence-corrected chi connectivity index (χ2v) is 6.80. The van der Waals surface area contributed by atoms with Crippen molar-refractivity contribution < 1.29 is 19.0 Å². The van der Waals surface area contributed by atoms with Gasteiger partial charge in [0.1, 0.15) is 0 Å². The largest absolute Gasteiger partial charge is 0.456 e. The molecule has 2 aliphatic rings. The average Bonchev–Trinajstić information content (AvgIpc) is 3.30. The Morgan fingerprint density at radius 1 is 1.08 bits per heavy atom. The lowest BCUT2D eigenvalue weighted by Crippen LogP contribution is -2.25. The zero-order valence-electron chi connectivity index (χ0n) is 15.6. The van der Waals surface area contributed by atoms with Crippen molar-refractivity contribution in [2.24, 2.45) is 0 Å². The third kappa shape index (κ3) is 7.37. The van der Waals surface area contributed by atoms with Crippen molar-refractivity contribution in [3.63, 3.8) is 0 Å². The van der Waals surface area contributed by atoms with Crippen LogP contribution in [-0.2, 0) is 19.0 Å². The number of allylic oxidation sites excluding steroid dienone is 4. The van der Waals surface area contributed by atoms with Crippen molar-refractivity contribution in [1.29, 1.82) is 0 Å². The molecule has 0 N–H and O–H groups in total. The normalized spacial score (nSPS) is 16.6. The Hall–Kier alpha value is -1.71. The summed E-state index contributed by atoms with van der Waals surface area (Å²) >= 11 is 0. The summed E-state index contributed by atoms with van der Waals surface area (Å²) in [5, 5.41) is 0. The van der Waals surface area contributed by atoms with Crippen molar-refractivity contribution in [1.82, 2.24) is 0 Å². The number of rotatable bonds is 12. The van der Waals surface area contributed by atoms with Gasteiger partial charge >= 0.3 is 5.97 Å². The molecular formula is C21H32O4.